The molecule has 0 aromatic heterocycles. The van der Waals surface area contributed by atoms with Crippen molar-refractivity contribution in [3.05, 3.63) is 35.4 Å². The Morgan fingerprint density at radius 1 is 1.42 bits per heavy atom. The molecule has 1 amide bonds. The van der Waals surface area contributed by atoms with E-state index in [1.165, 1.54) is 6.08 Å². The average molecular weight is 263 g/mol. The number of aryl methyl sites for hydroxylation is 1. The number of carboxylic acid groups (broad SMARTS) is 1. The van der Waals surface area contributed by atoms with Gasteiger partial charge in [0.15, 0.2) is 0 Å². The number of hydrogen-bond donors (Lipinski definition) is 2. The second-order valence-electron chi connectivity index (χ2n) is 3.98. The van der Waals surface area contributed by atoms with E-state index in [0.717, 1.165) is 11.6 Å². The molecule has 1 aromatic rings. The van der Waals surface area contributed by atoms with Crippen LogP contribution in [0.2, 0.25) is 0 Å². The van der Waals surface area contributed by atoms with Gasteiger partial charge in [-0.1, -0.05) is 11.6 Å². The predicted octanol–water partition coefficient (Wildman–Crippen LogP) is 1.61. The third-order valence-electron chi connectivity index (χ3n) is 2.44. The molecule has 0 aliphatic rings. The van der Waals surface area contributed by atoms with Crippen molar-refractivity contribution < 1.29 is 19.4 Å². The zero-order valence-corrected chi connectivity index (χ0v) is 11.0. The van der Waals surface area contributed by atoms with E-state index in [4.69, 9.17) is 9.84 Å². The van der Waals surface area contributed by atoms with Crippen LogP contribution in [0.4, 0.5) is 0 Å². The average Bonchev–Trinajstić information content (AvgIpc) is 2.38. The minimum atomic E-state index is -1.02. The van der Waals surface area contributed by atoms with Gasteiger partial charge >= 0.3 is 5.97 Å². The molecule has 1 aromatic carbocycles. The molecule has 0 aliphatic heterocycles. The highest BCUT2D eigenvalue weighted by Crippen LogP contribution is 2.21. The van der Waals surface area contributed by atoms with Crippen LogP contribution in [0.5, 0.6) is 5.75 Å². The Morgan fingerprint density at radius 2 is 2.16 bits per heavy atom. The molecule has 2 N–H and O–H groups in total. The van der Waals surface area contributed by atoms with Crippen molar-refractivity contribution in [2.45, 2.75) is 13.3 Å². The standard InChI is InChI=1S/C14H17NO4/c1-10-3-5-12(19-8-7-13(16)15-2)11(9-10)4-6-14(17)18/h3-6,9H,7-8H2,1-2H3,(H,15,16)(H,17,18). The quantitative estimate of drug-likeness (QED) is 0.764. The molecular weight excluding hydrogens is 246 g/mol. The van der Waals surface area contributed by atoms with Crippen molar-refractivity contribution in [3.63, 3.8) is 0 Å². The van der Waals surface area contributed by atoms with Crippen LogP contribution in [0.3, 0.4) is 0 Å². The Bertz CT molecular complexity index is 494. The SMILES string of the molecule is CNC(=O)CCOc1ccc(C)cc1C=CC(=O)O. The lowest BCUT2D eigenvalue weighted by molar-refractivity contribution is -0.131. The van der Waals surface area contributed by atoms with Crippen molar-refractivity contribution in [2.75, 3.05) is 13.7 Å². The van der Waals surface area contributed by atoms with Crippen LogP contribution in [0, 0.1) is 6.92 Å². The summed E-state index contributed by atoms with van der Waals surface area (Å²) < 4.78 is 5.49. The Labute approximate surface area is 111 Å². The summed E-state index contributed by atoms with van der Waals surface area (Å²) in [5, 5.41) is 11.1. The molecule has 0 spiro atoms. The van der Waals surface area contributed by atoms with Gasteiger partial charge in [0, 0.05) is 18.7 Å². The Kier molecular flexibility index (Phi) is 5.60. The lowest BCUT2D eigenvalue weighted by atomic mass is 10.1. The first-order valence-corrected chi connectivity index (χ1v) is 5.88. The lowest BCUT2D eigenvalue weighted by Gasteiger charge is -2.09. The van der Waals surface area contributed by atoms with Gasteiger partial charge in [-0.2, -0.15) is 0 Å². The van der Waals surface area contributed by atoms with Crippen molar-refractivity contribution in [1.29, 1.82) is 0 Å². The van der Waals surface area contributed by atoms with E-state index < -0.39 is 5.97 Å². The topological polar surface area (TPSA) is 75.6 Å². The highest BCUT2D eigenvalue weighted by atomic mass is 16.5. The molecule has 0 fully saturated rings. The van der Waals surface area contributed by atoms with Gasteiger partial charge in [-0.15, -0.1) is 0 Å². The minimum absolute atomic E-state index is 0.102. The fourth-order valence-electron chi connectivity index (χ4n) is 1.47. The van der Waals surface area contributed by atoms with Crippen LogP contribution in [0.25, 0.3) is 6.08 Å². The van der Waals surface area contributed by atoms with E-state index in [-0.39, 0.29) is 18.9 Å². The summed E-state index contributed by atoms with van der Waals surface area (Å²) in [6.07, 6.45) is 2.79. The van der Waals surface area contributed by atoms with Gasteiger partial charge in [0.05, 0.1) is 13.0 Å². The van der Waals surface area contributed by atoms with Crippen molar-refractivity contribution >= 4 is 18.0 Å². The number of carboxylic acids is 1. The van der Waals surface area contributed by atoms with E-state index in [1.807, 2.05) is 19.1 Å². The molecular formula is C14H17NO4. The summed E-state index contributed by atoms with van der Waals surface area (Å²) >= 11 is 0. The van der Waals surface area contributed by atoms with Crippen LogP contribution in [-0.2, 0) is 9.59 Å². The van der Waals surface area contributed by atoms with Crippen LogP contribution >= 0.6 is 0 Å². The Hall–Kier alpha value is -2.30. The van der Waals surface area contributed by atoms with Crippen LogP contribution in [0.15, 0.2) is 24.3 Å². The van der Waals surface area contributed by atoms with E-state index in [1.54, 1.807) is 13.1 Å². The second-order valence-corrected chi connectivity index (χ2v) is 3.98. The largest absolute Gasteiger partial charge is 0.492 e. The highest BCUT2D eigenvalue weighted by molar-refractivity contribution is 5.86. The molecule has 1 rings (SSSR count). The van der Waals surface area contributed by atoms with Gasteiger partial charge in [0.1, 0.15) is 5.75 Å². The van der Waals surface area contributed by atoms with Gasteiger partial charge < -0.3 is 15.2 Å². The molecule has 102 valence electrons. The first-order valence-electron chi connectivity index (χ1n) is 5.88. The maximum absolute atomic E-state index is 11.1. The number of benzene rings is 1. The molecule has 0 saturated carbocycles. The van der Waals surface area contributed by atoms with Crippen LogP contribution in [0.1, 0.15) is 17.5 Å². The molecule has 0 saturated heterocycles. The number of carbonyl (C=O) groups excluding carboxylic acids is 1. The molecule has 5 heteroatoms. The second kappa shape index (κ2) is 7.20. The summed E-state index contributed by atoms with van der Waals surface area (Å²) in [6, 6.07) is 5.46. The summed E-state index contributed by atoms with van der Waals surface area (Å²) in [5.74, 6) is -0.556. The minimum Gasteiger partial charge on any atom is -0.492 e. The molecule has 0 bridgehead atoms. The van der Waals surface area contributed by atoms with E-state index in [2.05, 4.69) is 5.32 Å². The van der Waals surface area contributed by atoms with Crippen molar-refractivity contribution in [1.82, 2.24) is 5.32 Å². The summed E-state index contributed by atoms with van der Waals surface area (Å²) in [4.78, 5) is 21.6. The smallest absolute Gasteiger partial charge is 0.328 e. The first-order chi connectivity index (χ1) is 9.02. The third kappa shape index (κ3) is 5.25. The maximum Gasteiger partial charge on any atom is 0.328 e. The molecule has 5 nitrogen and oxygen atoms in total. The molecule has 0 unspecified atom stereocenters. The van der Waals surface area contributed by atoms with Crippen LogP contribution < -0.4 is 10.1 Å². The number of amides is 1. The van der Waals surface area contributed by atoms with E-state index in [9.17, 15) is 9.59 Å². The van der Waals surface area contributed by atoms with E-state index in [0.29, 0.717) is 11.3 Å². The number of carbonyl (C=O) groups is 2. The maximum atomic E-state index is 11.1. The van der Waals surface area contributed by atoms with Gasteiger partial charge in [-0.25, -0.2) is 4.79 Å². The Morgan fingerprint density at radius 3 is 2.79 bits per heavy atom. The van der Waals surface area contributed by atoms with Gasteiger partial charge in [0.2, 0.25) is 5.91 Å². The zero-order chi connectivity index (χ0) is 14.3. The van der Waals surface area contributed by atoms with E-state index >= 15 is 0 Å². The first kappa shape index (κ1) is 14.8. The van der Waals surface area contributed by atoms with Gasteiger partial charge in [0.25, 0.3) is 0 Å². The van der Waals surface area contributed by atoms with Crippen LogP contribution in [-0.4, -0.2) is 30.6 Å². The fourth-order valence-corrected chi connectivity index (χ4v) is 1.47. The summed E-state index contributed by atoms with van der Waals surface area (Å²) in [7, 11) is 1.56. The molecule has 0 aliphatic carbocycles. The molecule has 0 radical (unpaired) electrons. The number of nitrogens with one attached hydrogen (secondary N) is 1. The molecule has 19 heavy (non-hydrogen) atoms. The van der Waals surface area contributed by atoms with Gasteiger partial charge in [-0.3, -0.25) is 4.79 Å². The third-order valence-corrected chi connectivity index (χ3v) is 2.44. The molecule has 0 atom stereocenters. The number of rotatable bonds is 6. The zero-order valence-electron chi connectivity index (χ0n) is 11.0. The number of hydrogen-bond acceptors (Lipinski definition) is 3. The summed E-state index contributed by atoms with van der Waals surface area (Å²) in [6.45, 7) is 2.16. The van der Waals surface area contributed by atoms with Gasteiger partial charge in [-0.05, 0) is 25.1 Å². The Balaban J connectivity index is 2.76. The highest BCUT2D eigenvalue weighted by Gasteiger charge is 2.04. The normalized spacial score (nSPS) is 10.4. The predicted molar refractivity (Wildman–Crippen MR) is 72.0 cm³/mol. The summed E-state index contributed by atoms with van der Waals surface area (Å²) in [5.41, 5.74) is 1.68. The monoisotopic (exact) mass is 263 g/mol. The fraction of sp³-hybridized carbons (Fsp3) is 0.286. The molecule has 0 heterocycles. The number of ether oxygens (including phenoxy) is 1. The van der Waals surface area contributed by atoms with Crippen molar-refractivity contribution in [3.8, 4) is 5.75 Å². The van der Waals surface area contributed by atoms with Crippen molar-refractivity contribution in [2.24, 2.45) is 0 Å². The lowest BCUT2D eigenvalue weighted by Crippen LogP contribution is -2.20. The number of aliphatic carboxylic acids is 1.